The normalized spacial score (nSPS) is 16.6. The second kappa shape index (κ2) is 9.73. The van der Waals surface area contributed by atoms with Gasteiger partial charge in [0.15, 0.2) is 0 Å². The number of carbonyl (C=O) groups excluding carboxylic acids is 2. The number of aryl methyl sites for hydroxylation is 1. The number of urea groups is 1. The fourth-order valence-corrected chi connectivity index (χ4v) is 3.50. The molecular formula is C22H25N3O4. The van der Waals surface area contributed by atoms with Crippen molar-refractivity contribution in [2.24, 2.45) is 0 Å². The Morgan fingerprint density at radius 1 is 1.00 bits per heavy atom. The van der Waals surface area contributed by atoms with E-state index in [-0.39, 0.29) is 5.91 Å². The minimum Gasteiger partial charge on any atom is -0.481 e. The number of hydrogen-bond donors (Lipinski definition) is 2. The summed E-state index contributed by atoms with van der Waals surface area (Å²) < 4.78 is 0. The molecule has 2 aromatic carbocycles. The number of carboxylic acids is 1. The summed E-state index contributed by atoms with van der Waals surface area (Å²) in [5.41, 5.74) is 1.80. The monoisotopic (exact) mass is 395 g/mol. The van der Waals surface area contributed by atoms with E-state index in [1.165, 1.54) is 10.5 Å². The van der Waals surface area contributed by atoms with Gasteiger partial charge in [-0.2, -0.15) is 0 Å². The van der Waals surface area contributed by atoms with Crippen molar-refractivity contribution in [3.05, 3.63) is 66.2 Å². The van der Waals surface area contributed by atoms with Gasteiger partial charge in [-0.15, -0.1) is 0 Å². The summed E-state index contributed by atoms with van der Waals surface area (Å²) in [4.78, 5) is 39.9. The quantitative estimate of drug-likeness (QED) is 0.754. The average molecular weight is 395 g/mol. The minimum atomic E-state index is -1.10. The molecule has 0 radical (unpaired) electrons. The second-order valence-corrected chi connectivity index (χ2v) is 7.02. The van der Waals surface area contributed by atoms with Crippen molar-refractivity contribution in [1.82, 2.24) is 9.80 Å². The Kier molecular flexibility index (Phi) is 6.84. The zero-order valence-electron chi connectivity index (χ0n) is 16.2. The van der Waals surface area contributed by atoms with E-state index in [2.05, 4.69) is 5.32 Å². The number of amides is 3. The van der Waals surface area contributed by atoms with E-state index in [1.54, 1.807) is 29.2 Å². The summed E-state index contributed by atoms with van der Waals surface area (Å²) in [7, 11) is 0. The summed E-state index contributed by atoms with van der Waals surface area (Å²) >= 11 is 0. The molecule has 7 nitrogen and oxygen atoms in total. The molecule has 7 heteroatoms. The topological polar surface area (TPSA) is 90.0 Å². The Morgan fingerprint density at radius 3 is 2.31 bits per heavy atom. The van der Waals surface area contributed by atoms with Crippen LogP contribution in [0.2, 0.25) is 0 Å². The van der Waals surface area contributed by atoms with Gasteiger partial charge in [0.25, 0.3) is 0 Å². The molecule has 3 rings (SSSR count). The van der Waals surface area contributed by atoms with Crippen molar-refractivity contribution in [3.8, 4) is 0 Å². The fraction of sp³-hybridized carbons (Fsp3) is 0.318. The lowest BCUT2D eigenvalue weighted by molar-refractivity contribution is -0.147. The lowest BCUT2D eigenvalue weighted by atomic mass is 10.1. The molecule has 2 N–H and O–H groups in total. The van der Waals surface area contributed by atoms with E-state index in [9.17, 15) is 19.5 Å². The van der Waals surface area contributed by atoms with Crippen LogP contribution in [0.5, 0.6) is 0 Å². The second-order valence-electron chi connectivity index (χ2n) is 7.02. The molecule has 1 unspecified atom stereocenters. The fourth-order valence-electron chi connectivity index (χ4n) is 3.50. The zero-order chi connectivity index (χ0) is 20.6. The highest BCUT2D eigenvalue weighted by Crippen LogP contribution is 2.18. The van der Waals surface area contributed by atoms with Crippen molar-refractivity contribution < 1.29 is 19.5 Å². The van der Waals surface area contributed by atoms with Gasteiger partial charge in [-0.05, 0) is 30.5 Å². The number of para-hydroxylation sites is 1. The van der Waals surface area contributed by atoms with Crippen LogP contribution in [0, 0.1) is 0 Å². The molecule has 0 bridgehead atoms. The molecule has 1 heterocycles. The molecule has 29 heavy (non-hydrogen) atoms. The number of nitrogens with one attached hydrogen (secondary N) is 1. The molecule has 1 fully saturated rings. The summed E-state index contributed by atoms with van der Waals surface area (Å²) in [6.45, 7) is 1.23. The van der Waals surface area contributed by atoms with Crippen molar-refractivity contribution in [1.29, 1.82) is 0 Å². The molecule has 152 valence electrons. The molecule has 2 aromatic rings. The first-order valence-electron chi connectivity index (χ1n) is 9.72. The number of aliphatic carboxylic acids is 1. The summed E-state index contributed by atoms with van der Waals surface area (Å²) in [6, 6.07) is 17.5. The van der Waals surface area contributed by atoms with E-state index in [1.807, 2.05) is 36.4 Å². The molecule has 1 atom stereocenters. The molecule has 0 aromatic heterocycles. The van der Waals surface area contributed by atoms with Gasteiger partial charge in [-0.1, -0.05) is 48.5 Å². The molecule has 3 amide bonds. The van der Waals surface area contributed by atoms with Gasteiger partial charge in [0.1, 0.15) is 6.04 Å². The van der Waals surface area contributed by atoms with Gasteiger partial charge in [0.2, 0.25) is 5.91 Å². The molecule has 1 saturated heterocycles. The van der Waals surface area contributed by atoms with Crippen LogP contribution in [0.1, 0.15) is 18.4 Å². The van der Waals surface area contributed by atoms with E-state index < -0.39 is 24.5 Å². The number of rotatable bonds is 7. The van der Waals surface area contributed by atoms with Crippen molar-refractivity contribution >= 4 is 23.6 Å². The standard InChI is InChI=1S/C22H25N3O4/c26-20(27)16-19-21(28)24(13-7-10-17-8-3-1-4-9-17)14-15-25(19)22(29)23-18-11-5-2-6-12-18/h1-6,8-9,11-12,19H,7,10,13-16H2,(H,23,29)(H,26,27). The van der Waals surface area contributed by atoms with Crippen LogP contribution in [0.4, 0.5) is 10.5 Å². The van der Waals surface area contributed by atoms with Gasteiger partial charge < -0.3 is 20.2 Å². The number of carbonyl (C=O) groups is 3. The van der Waals surface area contributed by atoms with Crippen molar-refractivity contribution in [2.75, 3.05) is 25.0 Å². The van der Waals surface area contributed by atoms with E-state index >= 15 is 0 Å². The number of benzene rings is 2. The van der Waals surface area contributed by atoms with Crippen LogP contribution in [0.15, 0.2) is 60.7 Å². The Bertz CT molecular complexity index is 842. The maximum absolute atomic E-state index is 12.9. The molecular weight excluding hydrogens is 370 g/mol. The first-order chi connectivity index (χ1) is 14.0. The van der Waals surface area contributed by atoms with Gasteiger partial charge in [0, 0.05) is 25.3 Å². The van der Waals surface area contributed by atoms with Crippen LogP contribution in [0.3, 0.4) is 0 Å². The highest BCUT2D eigenvalue weighted by molar-refractivity contribution is 5.96. The van der Waals surface area contributed by atoms with Crippen LogP contribution >= 0.6 is 0 Å². The maximum atomic E-state index is 12.9. The van der Waals surface area contributed by atoms with Crippen molar-refractivity contribution in [3.63, 3.8) is 0 Å². The largest absolute Gasteiger partial charge is 0.481 e. The van der Waals surface area contributed by atoms with E-state index in [0.717, 1.165) is 12.8 Å². The highest BCUT2D eigenvalue weighted by Gasteiger charge is 2.38. The third-order valence-corrected chi connectivity index (χ3v) is 4.97. The molecule has 0 aliphatic carbocycles. The Hall–Kier alpha value is -3.35. The molecule has 0 saturated carbocycles. The Morgan fingerprint density at radius 2 is 1.66 bits per heavy atom. The molecule has 1 aliphatic heterocycles. The predicted octanol–water partition coefficient (Wildman–Crippen LogP) is 2.84. The third-order valence-electron chi connectivity index (χ3n) is 4.97. The summed E-state index contributed by atoms with van der Waals surface area (Å²) in [5.74, 6) is -1.41. The number of hydrogen-bond acceptors (Lipinski definition) is 3. The van der Waals surface area contributed by atoms with Crippen LogP contribution in [-0.4, -0.2) is 58.5 Å². The first-order valence-corrected chi connectivity index (χ1v) is 9.72. The first kappa shape index (κ1) is 20.4. The van der Waals surface area contributed by atoms with Gasteiger partial charge in [-0.25, -0.2) is 4.79 Å². The van der Waals surface area contributed by atoms with Gasteiger partial charge in [-0.3, -0.25) is 9.59 Å². The van der Waals surface area contributed by atoms with Crippen molar-refractivity contribution in [2.45, 2.75) is 25.3 Å². The van der Waals surface area contributed by atoms with E-state index in [0.29, 0.717) is 25.3 Å². The van der Waals surface area contributed by atoms with Crippen LogP contribution < -0.4 is 5.32 Å². The smallest absolute Gasteiger partial charge is 0.322 e. The lowest BCUT2D eigenvalue weighted by Crippen LogP contribution is -2.60. The molecule has 1 aliphatic rings. The van der Waals surface area contributed by atoms with Crippen LogP contribution in [-0.2, 0) is 16.0 Å². The number of carboxylic acid groups (broad SMARTS) is 1. The summed E-state index contributed by atoms with van der Waals surface area (Å²) in [6.07, 6.45) is 1.22. The highest BCUT2D eigenvalue weighted by atomic mass is 16.4. The number of nitrogens with zero attached hydrogens (tertiary/aromatic N) is 2. The number of piperazine rings is 1. The third kappa shape index (κ3) is 5.57. The Labute approximate surface area is 169 Å². The molecule has 0 spiro atoms. The SMILES string of the molecule is O=C(O)CC1C(=O)N(CCCc2ccccc2)CCN1C(=O)Nc1ccccc1. The summed E-state index contributed by atoms with van der Waals surface area (Å²) in [5, 5.41) is 12.0. The average Bonchev–Trinajstić information content (AvgIpc) is 2.72. The predicted molar refractivity (Wildman–Crippen MR) is 110 cm³/mol. The zero-order valence-corrected chi connectivity index (χ0v) is 16.2. The number of anilines is 1. The van der Waals surface area contributed by atoms with Gasteiger partial charge in [0.05, 0.1) is 6.42 Å². The lowest BCUT2D eigenvalue weighted by Gasteiger charge is -2.40. The minimum absolute atomic E-state index is 0.299. The van der Waals surface area contributed by atoms with Crippen LogP contribution in [0.25, 0.3) is 0 Å². The van der Waals surface area contributed by atoms with E-state index in [4.69, 9.17) is 0 Å². The Balaban J connectivity index is 1.62. The van der Waals surface area contributed by atoms with Gasteiger partial charge >= 0.3 is 12.0 Å². The maximum Gasteiger partial charge on any atom is 0.322 e.